The van der Waals surface area contributed by atoms with Crippen molar-refractivity contribution in [2.24, 2.45) is 0 Å². The van der Waals surface area contributed by atoms with E-state index in [0.717, 1.165) is 0 Å². The summed E-state index contributed by atoms with van der Waals surface area (Å²) >= 11 is 0. The lowest BCUT2D eigenvalue weighted by molar-refractivity contribution is -0.0291. The number of nitrogens with zero attached hydrogens (tertiary/aromatic N) is 1. The fourth-order valence-electron chi connectivity index (χ4n) is 3.16. The molecule has 1 aliphatic rings. The third-order valence-corrected chi connectivity index (χ3v) is 4.47. The Bertz CT molecular complexity index is 749. The van der Waals surface area contributed by atoms with Crippen molar-refractivity contribution in [3.05, 3.63) is 65.5 Å². The summed E-state index contributed by atoms with van der Waals surface area (Å²) in [5, 5.41) is 11.1. The van der Waals surface area contributed by atoms with E-state index in [1.165, 1.54) is 17.0 Å². The number of rotatable bonds is 3. The molecule has 5 heteroatoms. The number of β-amino-alcohol motifs (C(OH)–C–C–N with tert-alkyl or cyclic N) is 1. The second-order valence-electron chi connectivity index (χ2n) is 6.07. The van der Waals surface area contributed by atoms with Crippen molar-refractivity contribution in [2.75, 3.05) is 20.2 Å². The Hall–Kier alpha value is -2.40. The molecule has 4 nitrogen and oxygen atoms in total. The number of aliphatic hydroxyl groups is 1. The van der Waals surface area contributed by atoms with E-state index in [9.17, 15) is 14.3 Å². The van der Waals surface area contributed by atoms with Crippen LogP contribution >= 0.6 is 0 Å². The molecule has 1 heterocycles. The molecule has 1 amide bonds. The van der Waals surface area contributed by atoms with Crippen molar-refractivity contribution < 1.29 is 19.0 Å². The van der Waals surface area contributed by atoms with Crippen LogP contribution in [-0.4, -0.2) is 36.1 Å². The van der Waals surface area contributed by atoms with Gasteiger partial charge in [0.25, 0.3) is 5.91 Å². The summed E-state index contributed by atoms with van der Waals surface area (Å²) in [6, 6.07) is 13.1. The van der Waals surface area contributed by atoms with Gasteiger partial charge in [0, 0.05) is 6.54 Å². The van der Waals surface area contributed by atoms with Gasteiger partial charge >= 0.3 is 0 Å². The highest BCUT2D eigenvalue weighted by Crippen LogP contribution is 2.33. The van der Waals surface area contributed by atoms with Gasteiger partial charge in [0.15, 0.2) is 0 Å². The Kier molecular flexibility index (Phi) is 4.53. The van der Waals surface area contributed by atoms with Crippen LogP contribution in [0.25, 0.3) is 0 Å². The zero-order valence-corrected chi connectivity index (χ0v) is 13.5. The summed E-state index contributed by atoms with van der Waals surface area (Å²) in [6.45, 7) is 0.632. The topological polar surface area (TPSA) is 49.8 Å². The summed E-state index contributed by atoms with van der Waals surface area (Å²) in [5.74, 6) is -0.286. The number of carbonyl (C=O) groups excluding carboxylic acids is 1. The predicted molar refractivity (Wildman–Crippen MR) is 88.4 cm³/mol. The number of hydrogen-bond acceptors (Lipinski definition) is 3. The molecule has 0 saturated carbocycles. The number of hydrogen-bond donors (Lipinski definition) is 1. The molecule has 3 rings (SSSR count). The highest BCUT2D eigenvalue weighted by Gasteiger charge is 2.37. The zero-order chi connectivity index (χ0) is 17.2. The van der Waals surface area contributed by atoms with Gasteiger partial charge in [-0.2, -0.15) is 0 Å². The molecule has 1 fully saturated rings. The predicted octanol–water partition coefficient (Wildman–Crippen LogP) is 2.96. The van der Waals surface area contributed by atoms with Crippen LogP contribution in [0.4, 0.5) is 4.39 Å². The van der Waals surface area contributed by atoms with Gasteiger partial charge in [0.1, 0.15) is 17.2 Å². The lowest BCUT2D eigenvalue weighted by atomic mass is 9.85. The normalized spacial score (nSPS) is 20.7. The van der Waals surface area contributed by atoms with Crippen molar-refractivity contribution in [2.45, 2.75) is 18.4 Å². The first kappa shape index (κ1) is 16.5. The number of methoxy groups -OCH3 is 1. The summed E-state index contributed by atoms with van der Waals surface area (Å²) in [7, 11) is 1.57. The molecule has 1 aliphatic heterocycles. The molecular weight excluding hydrogens is 309 g/mol. The number of amides is 1. The first-order valence-corrected chi connectivity index (χ1v) is 7.94. The molecular formula is C19H20FNO3. The van der Waals surface area contributed by atoms with Crippen molar-refractivity contribution in [1.29, 1.82) is 0 Å². The van der Waals surface area contributed by atoms with E-state index in [1.54, 1.807) is 31.4 Å². The van der Waals surface area contributed by atoms with Crippen molar-refractivity contribution >= 4 is 5.91 Å². The smallest absolute Gasteiger partial charge is 0.256 e. The Balaban J connectivity index is 1.85. The SMILES string of the molecule is COc1cccc(C2(O)CCCN(C(=O)c3ccccc3F)C2)c1. The van der Waals surface area contributed by atoms with E-state index in [2.05, 4.69) is 0 Å². The van der Waals surface area contributed by atoms with Crippen molar-refractivity contribution in [3.8, 4) is 5.75 Å². The van der Waals surface area contributed by atoms with E-state index in [4.69, 9.17) is 4.74 Å². The average molecular weight is 329 g/mol. The van der Waals surface area contributed by atoms with Crippen LogP contribution in [0.1, 0.15) is 28.8 Å². The number of benzene rings is 2. The molecule has 0 spiro atoms. The summed E-state index contributed by atoms with van der Waals surface area (Å²) < 4.78 is 19.1. The molecule has 0 radical (unpaired) electrons. The fraction of sp³-hybridized carbons (Fsp3) is 0.316. The van der Waals surface area contributed by atoms with Gasteiger partial charge in [0.05, 0.1) is 19.2 Å². The van der Waals surface area contributed by atoms with Crippen LogP contribution in [0.15, 0.2) is 48.5 Å². The summed E-state index contributed by atoms with van der Waals surface area (Å²) in [5.41, 5.74) is -0.423. The lowest BCUT2D eigenvalue weighted by Gasteiger charge is -2.39. The molecule has 2 aromatic rings. The minimum atomic E-state index is -1.16. The molecule has 0 bridgehead atoms. The number of halogens is 1. The van der Waals surface area contributed by atoms with Gasteiger partial charge in [0.2, 0.25) is 0 Å². The van der Waals surface area contributed by atoms with Crippen LogP contribution in [0, 0.1) is 5.82 Å². The minimum absolute atomic E-state index is 0.0346. The molecule has 1 saturated heterocycles. The standard InChI is InChI=1S/C19H20FNO3/c1-24-15-7-4-6-14(12-15)19(23)10-5-11-21(13-19)18(22)16-8-2-3-9-17(16)20/h2-4,6-9,12,23H,5,10-11,13H2,1H3. The highest BCUT2D eigenvalue weighted by atomic mass is 19.1. The first-order chi connectivity index (χ1) is 11.5. The third kappa shape index (κ3) is 3.12. The zero-order valence-electron chi connectivity index (χ0n) is 13.5. The maximum absolute atomic E-state index is 13.9. The molecule has 1 N–H and O–H groups in total. The van der Waals surface area contributed by atoms with E-state index >= 15 is 0 Å². The fourth-order valence-corrected chi connectivity index (χ4v) is 3.16. The van der Waals surface area contributed by atoms with E-state index < -0.39 is 17.3 Å². The average Bonchev–Trinajstić information content (AvgIpc) is 2.61. The van der Waals surface area contributed by atoms with Gasteiger partial charge in [-0.05, 0) is 42.7 Å². The van der Waals surface area contributed by atoms with E-state index in [-0.39, 0.29) is 12.1 Å². The third-order valence-electron chi connectivity index (χ3n) is 4.47. The van der Waals surface area contributed by atoms with Crippen LogP contribution in [0.2, 0.25) is 0 Å². The molecule has 0 aromatic heterocycles. The molecule has 24 heavy (non-hydrogen) atoms. The minimum Gasteiger partial charge on any atom is -0.497 e. The largest absolute Gasteiger partial charge is 0.497 e. The Labute approximate surface area is 140 Å². The van der Waals surface area contributed by atoms with Crippen LogP contribution in [0.5, 0.6) is 5.75 Å². The second kappa shape index (κ2) is 6.61. The Morgan fingerprint density at radius 2 is 2.04 bits per heavy atom. The Morgan fingerprint density at radius 3 is 2.79 bits per heavy atom. The first-order valence-electron chi connectivity index (χ1n) is 7.94. The van der Waals surface area contributed by atoms with Crippen molar-refractivity contribution in [3.63, 3.8) is 0 Å². The number of likely N-dealkylation sites (tertiary alicyclic amines) is 1. The van der Waals surface area contributed by atoms with Crippen LogP contribution < -0.4 is 4.74 Å². The van der Waals surface area contributed by atoms with Crippen LogP contribution in [0.3, 0.4) is 0 Å². The maximum Gasteiger partial charge on any atom is 0.256 e. The van der Waals surface area contributed by atoms with Gasteiger partial charge in [-0.15, -0.1) is 0 Å². The molecule has 2 aromatic carbocycles. The molecule has 126 valence electrons. The summed E-state index contributed by atoms with van der Waals surface area (Å²) in [6.07, 6.45) is 1.19. The van der Waals surface area contributed by atoms with E-state index in [0.29, 0.717) is 30.7 Å². The molecule has 1 unspecified atom stereocenters. The lowest BCUT2D eigenvalue weighted by Crippen LogP contribution is -2.48. The van der Waals surface area contributed by atoms with Gasteiger partial charge in [-0.1, -0.05) is 24.3 Å². The second-order valence-corrected chi connectivity index (χ2v) is 6.07. The maximum atomic E-state index is 13.9. The van der Waals surface area contributed by atoms with Crippen LogP contribution in [-0.2, 0) is 5.60 Å². The molecule has 1 atom stereocenters. The van der Waals surface area contributed by atoms with Crippen molar-refractivity contribution in [1.82, 2.24) is 4.90 Å². The molecule has 0 aliphatic carbocycles. The summed E-state index contributed by atoms with van der Waals surface area (Å²) in [4.78, 5) is 14.1. The monoisotopic (exact) mass is 329 g/mol. The highest BCUT2D eigenvalue weighted by molar-refractivity contribution is 5.94. The number of ether oxygens (including phenoxy) is 1. The Morgan fingerprint density at radius 1 is 1.25 bits per heavy atom. The van der Waals surface area contributed by atoms with Gasteiger partial charge in [-0.25, -0.2) is 4.39 Å². The number of carbonyl (C=O) groups is 1. The quantitative estimate of drug-likeness (QED) is 0.942. The van der Waals surface area contributed by atoms with E-state index in [1.807, 2.05) is 12.1 Å². The van der Waals surface area contributed by atoms with Gasteiger partial charge < -0.3 is 14.7 Å². The van der Waals surface area contributed by atoms with Gasteiger partial charge in [-0.3, -0.25) is 4.79 Å². The number of piperidine rings is 1.